The highest BCUT2D eigenvalue weighted by molar-refractivity contribution is 5.75. The highest BCUT2D eigenvalue weighted by atomic mass is 16.5. The van der Waals surface area contributed by atoms with Crippen molar-refractivity contribution in [1.29, 1.82) is 0 Å². The van der Waals surface area contributed by atoms with Gasteiger partial charge in [0.05, 0.1) is 0 Å². The van der Waals surface area contributed by atoms with Gasteiger partial charge < -0.3 is 10.5 Å². The summed E-state index contributed by atoms with van der Waals surface area (Å²) >= 11 is 0. The number of hydrogen-bond acceptors (Lipinski definition) is 3. The Morgan fingerprint density at radius 3 is 2.71 bits per heavy atom. The van der Waals surface area contributed by atoms with E-state index in [0.717, 1.165) is 19.3 Å². The van der Waals surface area contributed by atoms with E-state index in [4.69, 9.17) is 10.5 Å². The van der Waals surface area contributed by atoms with Crippen molar-refractivity contribution in [2.24, 2.45) is 11.1 Å². The van der Waals surface area contributed by atoms with Gasteiger partial charge in [-0.25, -0.2) is 0 Å². The second kappa shape index (κ2) is 4.30. The van der Waals surface area contributed by atoms with E-state index >= 15 is 0 Å². The SMILES string of the molecule is C[C@H](N)C(=O)OC1CCCC(C)(C)C1. The Morgan fingerprint density at radius 1 is 1.57 bits per heavy atom. The molecule has 0 radical (unpaired) electrons. The molecule has 1 aliphatic rings. The Bertz CT molecular complexity index is 211. The standard InChI is InChI=1S/C11H21NO2/c1-8(12)10(13)14-9-5-4-6-11(2,3)7-9/h8-9H,4-7,12H2,1-3H3/t8-,9?/m0/s1. The van der Waals surface area contributed by atoms with E-state index in [0.29, 0.717) is 5.41 Å². The molecule has 0 aromatic heterocycles. The van der Waals surface area contributed by atoms with Gasteiger partial charge in [0.2, 0.25) is 0 Å². The Hall–Kier alpha value is -0.570. The summed E-state index contributed by atoms with van der Waals surface area (Å²) in [6, 6.07) is -0.500. The smallest absolute Gasteiger partial charge is 0.322 e. The number of hydrogen-bond donors (Lipinski definition) is 1. The van der Waals surface area contributed by atoms with E-state index in [1.807, 2.05) is 0 Å². The van der Waals surface area contributed by atoms with Crippen LogP contribution in [0, 0.1) is 5.41 Å². The second-order valence-corrected chi connectivity index (χ2v) is 5.11. The van der Waals surface area contributed by atoms with Gasteiger partial charge in [-0.15, -0.1) is 0 Å². The predicted molar refractivity (Wildman–Crippen MR) is 55.8 cm³/mol. The van der Waals surface area contributed by atoms with E-state index in [-0.39, 0.29) is 12.1 Å². The Labute approximate surface area is 86.0 Å². The Balaban J connectivity index is 2.42. The highest BCUT2D eigenvalue weighted by Crippen LogP contribution is 2.36. The molecule has 3 heteroatoms. The molecule has 0 amide bonds. The summed E-state index contributed by atoms with van der Waals surface area (Å²) in [7, 11) is 0. The lowest BCUT2D eigenvalue weighted by molar-refractivity contribution is -0.153. The van der Waals surface area contributed by atoms with E-state index in [1.165, 1.54) is 6.42 Å². The van der Waals surface area contributed by atoms with Gasteiger partial charge in [0.15, 0.2) is 0 Å². The van der Waals surface area contributed by atoms with Crippen LogP contribution in [0.15, 0.2) is 0 Å². The number of nitrogens with two attached hydrogens (primary N) is 1. The molecule has 0 aromatic rings. The summed E-state index contributed by atoms with van der Waals surface area (Å²) in [5, 5.41) is 0. The molecule has 0 heterocycles. The van der Waals surface area contributed by atoms with Gasteiger partial charge in [0.1, 0.15) is 12.1 Å². The van der Waals surface area contributed by atoms with E-state index in [2.05, 4.69) is 13.8 Å². The molecule has 1 unspecified atom stereocenters. The van der Waals surface area contributed by atoms with Gasteiger partial charge in [-0.05, 0) is 38.0 Å². The van der Waals surface area contributed by atoms with Crippen LogP contribution in [0.1, 0.15) is 46.5 Å². The minimum absolute atomic E-state index is 0.0808. The van der Waals surface area contributed by atoms with Crippen LogP contribution in [-0.2, 0) is 9.53 Å². The first kappa shape index (κ1) is 11.5. The summed E-state index contributed by atoms with van der Waals surface area (Å²) in [6.45, 7) is 6.11. The molecule has 82 valence electrons. The third-order valence-corrected chi connectivity index (χ3v) is 2.81. The van der Waals surface area contributed by atoms with Crippen LogP contribution in [0.4, 0.5) is 0 Å². The lowest BCUT2D eigenvalue weighted by atomic mass is 9.76. The minimum atomic E-state index is -0.500. The summed E-state index contributed by atoms with van der Waals surface area (Å²) in [4.78, 5) is 11.3. The molecular formula is C11H21NO2. The summed E-state index contributed by atoms with van der Waals surface area (Å²) in [5.41, 5.74) is 5.75. The van der Waals surface area contributed by atoms with E-state index in [1.54, 1.807) is 6.92 Å². The maximum atomic E-state index is 11.3. The molecule has 0 saturated heterocycles. The molecule has 3 nitrogen and oxygen atoms in total. The fraction of sp³-hybridized carbons (Fsp3) is 0.909. The first-order valence-electron chi connectivity index (χ1n) is 5.37. The van der Waals surface area contributed by atoms with Crippen molar-refractivity contribution in [3.05, 3.63) is 0 Å². The third kappa shape index (κ3) is 3.29. The first-order valence-corrected chi connectivity index (χ1v) is 5.37. The lowest BCUT2D eigenvalue weighted by Crippen LogP contribution is -2.36. The number of rotatable bonds is 2. The highest BCUT2D eigenvalue weighted by Gasteiger charge is 2.30. The molecule has 0 aromatic carbocycles. The molecule has 1 rings (SSSR count). The van der Waals surface area contributed by atoms with Crippen molar-refractivity contribution < 1.29 is 9.53 Å². The third-order valence-electron chi connectivity index (χ3n) is 2.81. The Kier molecular flexibility index (Phi) is 3.53. The van der Waals surface area contributed by atoms with Gasteiger partial charge in [-0.3, -0.25) is 4.79 Å². The largest absolute Gasteiger partial charge is 0.461 e. The van der Waals surface area contributed by atoms with Crippen LogP contribution in [0.2, 0.25) is 0 Å². The first-order chi connectivity index (χ1) is 6.41. The maximum absolute atomic E-state index is 11.3. The van der Waals surface area contributed by atoms with Crippen molar-refractivity contribution in [3.63, 3.8) is 0 Å². The molecule has 0 aliphatic heterocycles. The number of esters is 1. The average molecular weight is 199 g/mol. The zero-order chi connectivity index (χ0) is 10.8. The molecular weight excluding hydrogens is 178 g/mol. The Morgan fingerprint density at radius 2 is 2.21 bits per heavy atom. The molecule has 0 bridgehead atoms. The molecule has 14 heavy (non-hydrogen) atoms. The zero-order valence-corrected chi connectivity index (χ0v) is 9.38. The molecule has 1 aliphatic carbocycles. The van der Waals surface area contributed by atoms with Crippen molar-refractivity contribution in [1.82, 2.24) is 0 Å². The summed E-state index contributed by atoms with van der Waals surface area (Å²) in [6.07, 6.45) is 4.40. The second-order valence-electron chi connectivity index (χ2n) is 5.11. The van der Waals surface area contributed by atoms with Crippen LogP contribution in [0.5, 0.6) is 0 Å². The molecule has 0 spiro atoms. The van der Waals surface area contributed by atoms with E-state index < -0.39 is 6.04 Å². The molecule has 2 N–H and O–H groups in total. The van der Waals surface area contributed by atoms with Crippen molar-refractivity contribution in [2.45, 2.75) is 58.6 Å². The van der Waals surface area contributed by atoms with Crippen LogP contribution in [-0.4, -0.2) is 18.1 Å². The number of carbonyl (C=O) groups excluding carboxylic acids is 1. The predicted octanol–water partition coefficient (Wildman–Crippen LogP) is 1.85. The molecule has 1 fully saturated rings. The van der Waals surface area contributed by atoms with Crippen molar-refractivity contribution in [2.75, 3.05) is 0 Å². The minimum Gasteiger partial charge on any atom is -0.461 e. The van der Waals surface area contributed by atoms with Crippen LogP contribution in [0.3, 0.4) is 0 Å². The van der Waals surface area contributed by atoms with Gasteiger partial charge >= 0.3 is 5.97 Å². The van der Waals surface area contributed by atoms with E-state index in [9.17, 15) is 4.79 Å². The van der Waals surface area contributed by atoms with Gasteiger partial charge in [-0.1, -0.05) is 13.8 Å². The average Bonchev–Trinajstić information content (AvgIpc) is 2.01. The fourth-order valence-corrected chi connectivity index (χ4v) is 2.00. The summed E-state index contributed by atoms with van der Waals surface area (Å²) in [5.74, 6) is -0.271. The zero-order valence-electron chi connectivity index (χ0n) is 9.38. The summed E-state index contributed by atoms with van der Waals surface area (Å²) < 4.78 is 5.32. The van der Waals surface area contributed by atoms with Gasteiger partial charge in [0, 0.05) is 0 Å². The van der Waals surface area contributed by atoms with Crippen LogP contribution >= 0.6 is 0 Å². The fourth-order valence-electron chi connectivity index (χ4n) is 2.00. The quantitative estimate of drug-likeness (QED) is 0.690. The van der Waals surface area contributed by atoms with Crippen molar-refractivity contribution >= 4 is 5.97 Å². The molecule has 1 saturated carbocycles. The van der Waals surface area contributed by atoms with Crippen LogP contribution < -0.4 is 5.73 Å². The molecule has 2 atom stereocenters. The lowest BCUT2D eigenvalue weighted by Gasteiger charge is -2.34. The van der Waals surface area contributed by atoms with Crippen molar-refractivity contribution in [3.8, 4) is 0 Å². The number of ether oxygens (including phenoxy) is 1. The monoisotopic (exact) mass is 199 g/mol. The number of carbonyl (C=O) groups is 1. The van der Waals surface area contributed by atoms with Gasteiger partial charge in [0.25, 0.3) is 0 Å². The van der Waals surface area contributed by atoms with Gasteiger partial charge in [-0.2, -0.15) is 0 Å². The maximum Gasteiger partial charge on any atom is 0.322 e. The topological polar surface area (TPSA) is 52.3 Å². The van der Waals surface area contributed by atoms with Crippen LogP contribution in [0.25, 0.3) is 0 Å². The normalized spacial score (nSPS) is 28.1.